The van der Waals surface area contributed by atoms with Crippen molar-refractivity contribution in [3.63, 3.8) is 0 Å². The van der Waals surface area contributed by atoms with E-state index in [0.717, 1.165) is 25.7 Å². The standard InChI is InChI=1S/C29H28FNO4/c1-2-3-4-10-18-35-22-15-11-14-21(19-22)31-26(23-16-8-9-17-24(23)30)25(28(33)29(31)34)27(32)20-12-6-5-7-13-20/h5-9,11-17,19,26,32H,2-4,10,18H2,1H3. The topological polar surface area (TPSA) is 66.8 Å². The molecule has 0 aromatic heterocycles. The third kappa shape index (κ3) is 5.11. The van der Waals surface area contributed by atoms with E-state index in [1.165, 1.54) is 23.1 Å². The molecule has 0 bridgehead atoms. The first-order valence-corrected chi connectivity index (χ1v) is 11.9. The second kappa shape index (κ2) is 11.0. The number of hydrogen-bond donors (Lipinski definition) is 1. The van der Waals surface area contributed by atoms with Gasteiger partial charge in [0.1, 0.15) is 17.3 Å². The van der Waals surface area contributed by atoms with Gasteiger partial charge in [-0.1, -0.05) is 80.8 Å². The van der Waals surface area contributed by atoms with Gasteiger partial charge in [-0.15, -0.1) is 0 Å². The Morgan fingerprint density at radius 1 is 0.943 bits per heavy atom. The van der Waals surface area contributed by atoms with Crippen LogP contribution in [-0.4, -0.2) is 23.4 Å². The zero-order valence-corrected chi connectivity index (χ0v) is 19.6. The average Bonchev–Trinajstić information content (AvgIpc) is 3.14. The molecule has 3 aromatic rings. The van der Waals surface area contributed by atoms with Crippen LogP contribution in [0, 0.1) is 5.82 Å². The van der Waals surface area contributed by atoms with Gasteiger partial charge in [-0.05, 0) is 24.6 Å². The minimum absolute atomic E-state index is 0.120. The number of nitrogens with zero attached hydrogens (tertiary/aromatic N) is 1. The van der Waals surface area contributed by atoms with Crippen molar-refractivity contribution in [2.45, 2.75) is 38.6 Å². The van der Waals surface area contributed by atoms with Gasteiger partial charge in [0.2, 0.25) is 0 Å². The Hall–Kier alpha value is -3.93. The van der Waals surface area contributed by atoms with Crippen molar-refractivity contribution in [1.82, 2.24) is 0 Å². The van der Waals surface area contributed by atoms with Gasteiger partial charge >= 0.3 is 0 Å². The number of carbonyl (C=O) groups excluding carboxylic acids is 2. The number of benzene rings is 3. The molecule has 6 heteroatoms. The second-order valence-corrected chi connectivity index (χ2v) is 8.46. The predicted octanol–water partition coefficient (Wildman–Crippen LogP) is 6.41. The molecule has 0 spiro atoms. The quantitative estimate of drug-likeness (QED) is 0.169. The molecule has 180 valence electrons. The molecule has 3 aromatic carbocycles. The van der Waals surface area contributed by atoms with Crippen molar-refractivity contribution in [3.05, 3.63) is 101 Å². The second-order valence-electron chi connectivity index (χ2n) is 8.46. The van der Waals surface area contributed by atoms with Crippen molar-refractivity contribution < 1.29 is 23.8 Å². The number of aliphatic hydroxyl groups is 1. The van der Waals surface area contributed by atoms with Gasteiger partial charge in [0.25, 0.3) is 11.7 Å². The maximum atomic E-state index is 15.0. The summed E-state index contributed by atoms with van der Waals surface area (Å²) in [7, 11) is 0. The minimum atomic E-state index is -1.13. The van der Waals surface area contributed by atoms with Gasteiger partial charge in [-0.25, -0.2) is 4.39 Å². The molecule has 1 unspecified atom stereocenters. The lowest BCUT2D eigenvalue weighted by molar-refractivity contribution is -0.132. The number of amides is 1. The number of aliphatic hydroxyl groups excluding tert-OH is 1. The van der Waals surface area contributed by atoms with Crippen LogP contribution in [-0.2, 0) is 9.59 Å². The van der Waals surface area contributed by atoms with Crippen LogP contribution < -0.4 is 9.64 Å². The number of carbonyl (C=O) groups is 2. The number of hydrogen-bond acceptors (Lipinski definition) is 4. The van der Waals surface area contributed by atoms with Gasteiger partial charge in [0.15, 0.2) is 0 Å². The fourth-order valence-electron chi connectivity index (χ4n) is 4.28. The molecule has 0 radical (unpaired) electrons. The molecule has 1 atom stereocenters. The highest BCUT2D eigenvalue weighted by atomic mass is 19.1. The van der Waals surface area contributed by atoms with E-state index in [-0.39, 0.29) is 16.9 Å². The molecular weight excluding hydrogens is 445 g/mol. The summed E-state index contributed by atoms with van der Waals surface area (Å²) >= 11 is 0. The summed E-state index contributed by atoms with van der Waals surface area (Å²) in [5.74, 6) is -2.08. The first-order chi connectivity index (χ1) is 17.0. The molecule has 1 amide bonds. The maximum Gasteiger partial charge on any atom is 0.300 e. The van der Waals surface area contributed by atoms with E-state index in [0.29, 0.717) is 23.6 Å². The highest BCUT2D eigenvalue weighted by molar-refractivity contribution is 6.51. The third-order valence-corrected chi connectivity index (χ3v) is 6.05. The molecular formula is C29H28FNO4. The smallest absolute Gasteiger partial charge is 0.300 e. The number of ether oxygens (including phenoxy) is 1. The van der Waals surface area contributed by atoms with Crippen molar-refractivity contribution >= 4 is 23.1 Å². The van der Waals surface area contributed by atoms with Gasteiger partial charge in [-0.3, -0.25) is 14.5 Å². The molecule has 1 fully saturated rings. The Bertz CT molecular complexity index is 1240. The maximum absolute atomic E-state index is 15.0. The summed E-state index contributed by atoms with van der Waals surface area (Å²) in [5.41, 5.74) is 0.724. The molecule has 35 heavy (non-hydrogen) atoms. The monoisotopic (exact) mass is 473 g/mol. The van der Waals surface area contributed by atoms with Crippen LogP contribution in [0.25, 0.3) is 5.76 Å². The molecule has 5 nitrogen and oxygen atoms in total. The van der Waals surface area contributed by atoms with E-state index in [9.17, 15) is 19.1 Å². The summed E-state index contributed by atoms with van der Waals surface area (Å²) in [5, 5.41) is 11.1. The predicted molar refractivity (Wildman–Crippen MR) is 134 cm³/mol. The van der Waals surface area contributed by atoms with Crippen LogP contribution in [0.2, 0.25) is 0 Å². The van der Waals surface area contributed by atoms with E-state index >= 15 is 0 Å². The van der Waals surface area contributed by atoms with Crippen LogP contribution >= 0.6 is 0 Å². The molecule has 0 aliphatic carbocycles. The molecule has 1 heterocycles. The third-order valence-electron chi connectivity index (χ3n) is 6.05. The van der Waals surface area contributed by atoms with E-state index in [2.05, 4.69) is 6.92 Å². The molecule has 1 aliphatic heterocycles. The highest BCUT2D eigenvalue weighted by Gasteiger charge is 2.47. The van der Waals surface area contributed by atoms with Crippen molar-refractivity contribution in [1.29, 1.82) is 0 Å². The summed E-state index contributed by atoms with van der Waals surface area (Å²) in [6.45, 7) is 2.68. The fraction of sp³-hybridized carbons (Fsp3) is 0.241. The Morgan fingerprint density at radius 2 is 1.69 bits per heavy atom. The number of unbranched alkanes of at least 4 members (excludes halogenated alkanes) is 3. The summed E-state index contributed by atoms with van der Waals surface area (Å²) in [6, 6.07) is 20.1. The summed E-state index contributed by atoms with van der Waals surface area (Å²) < 4.78 is 20.9. The summed E-state index contributed by atoms with van der Waals surface area (Å²) in [6.07, 6.45) is 4.24. The largest absolute Gasteiger partial charge is 0.507 e. The molecule has 1 aliphatic rings. The summed E-state index contributed by atoms with van der Waals surface area (Å²) in [4.78, 5) is 27.7. The molecule has 0 saturated carbocycles. The Labute approximate surface area is 204 Å². The van der Waals surface area contributed by atoms with E-state index in [1.807, 2.05) is 0 Å². The van der Waals surface area contributed by atoms with E-state index in [4.69, 9.17) is 4.74 Å². The molecule has 1 N–H and O–H groups in total. The lowest BCUT2D eigenvalue weighted by atomic mass is 9.94. The number of anilines is 1. The lowest BCUT2D eigenvalue weighted by Gasteiger charge is -2.26. The Balaban J connectivity index is 1.77. The van der Waals surface area contributed by atoms with Gasteiger partial charge in [0, 0.05) is 22.9 Å². The Kier molecular flexibility index (Phi) is 7.60. The number of ketones is 1. The van der Waals surface area contributed by atoms with E-state index in [1.54, 1.807) is 60.7 Å². The number of halogens is 1. The van der Waals surface area contributed by atoms with Crippen LogP contribution in [0.15, 0.2) is 84.4 Å². The lowest BCUT2D eigenvalue weighted by Crippen LogP contribution is -2.29. The van der Waals surface area contributed by atoms with Crippen LogP contribution in [0.4, 0.5) is 10.1 Å². The first-order valence-electron chi connectivity index (χ1n) is 11.9. The minimum Gasteiger partial charge on any atom is -0.507 e. The van der Waals surface area contributed by atoms with Crippen LogP contribution in [0.3, 0.4) is 0 Å². The Morgan fingerprint density at radius 3 is 2.43 bits per heavy atom. The molecule has 1 saturated heterocycles. The van der Waals surface area contributed by atoms with Crippen molar-refractivity contribution in [2.75, 3.05) is 11.5 Å². The van der Waals surface area contributed by atoms with Crippen LogP contribution in [0.1, 0.15) is 49.8 Å². The number of Topliss-reactive ketones (excluding diaryl/α,β-unsaturated/α-hetero) is 1. The van der Waals surface area contributed by atoms with Crippen molar-refractivity contribution in [2.24, 2.45) is 0 Å². The van der Waals surface area contributed by atoms with Crippen LogP contribution in [0.5, 0.6) is 5.75 Å². The average molecular weight is 474 g/mol. The van der Waals surface area contributed by atoms with E-state index < -0.39 is 23.5 Å². The van der Waals surface area contributed by atoms with Gasteiger partial charge in [-0.2, -0.15) is 0 Å². The first kappa shape index (κ1) is 24.2. The zero-order valence-electron chi connectivity index (χ0n) is 19.6. The number of rotatable bonds is 9. The van der Waals surface area contributed by atoms with Crippen molar-refractivity contribution in [3.8, 4) is 5.75 Å². The van der Waals surface area contributed by atoms with Gasteiger partial charge in [0.05, 0.1) is 18.2 Å². The normalized spacial score (nSPS) is 17.1. The molecule has 4 rings (SSSR count). The SMILES string of the molecule is CCCCCCOc1cccc(N2C(=O)C(=O)C(=C(O)c3ccccc3)C2c2ccccc2F)c1. The highest BCUT2D eigenvalue weighted by Crippen LogP contribution is 2.43. The fourth-order valence-corrected chi connectivity index (χ4v) is 4.28. The zero-order chi connectivity index (χ0) is 24.8. The van der Waals surface area contributed by atoms with Gasteiger partial charge < -0.3 is 9.84 Å².